The van der Waals surface area contributed by atoms with Crippen molar-refractivity contribution in [1.82, 2.24) is 15.1 Å². The molecule has 2 aromatic rings. The normalized spacial score (nSPS) is 17.8. The fourth-order valence-corrected chi connectivity index (χ4v) is 3.29. The number of fused-ring (bicyclic) bond motifs is 1. The molecule has 0 unspecified atom stereocenters. The highest BCUT2D eigenvalue weighted by atomic mass is 16.2. The highest BCUT2D eigenvalue weighted by Gasteiger charge is 2.33. The molecule has 1 fully saturated rings. The van der Waals surface area contributed by atoms with Crippen LogP contribution in [-0.4, -0.2) is 27.8 Å². The quantitative estimate of drug-likeness (QED) is 0.906. The highest BCUT2D eigenvalue weighted by molar-refractivity contribution is 6.05. The summed E-state index contributed by atoms with van der Waals surface area (Å²) >= 11 is 0. The van der Waals surface area contributed by atoms with E-state index in [9.17, 15) is 4.79 Å². The molecule has 0 aliphatic heterocycles. The molecule has 0 radical (unpaired) electrons. The van der Waals surface area contributed by atoms with Crippen LogP contribution in [0.5, 0.6) is 0 Å². The van der Waals surface area contributed by atoms with E-state index in [-0.39, 0.29) is 11.4 Å². The van der Waals surface area contributed by atoms with Gasteiger partial charge < -0.3 is 11.1 Å². The van der Waals surface area contributed by atoms with Gasteiger partial charge in [0.1, 0.15) is 0 Å². The Balaban J connectivity index is 1.90. The largest absolute Gasteiger partial charge is 0.344 e. The summed E-state index contributed by atoms with van der Waals surface area (Å²) in [5.41, 5.74) is 7.14. The molecule has 0 atom stereocenters. The summed E-state index contributed by atoms with van der Waals surface area (Å²) in [6, 6.07) is 7.79. The second-order valence-electron chi connectivity index (χ2n) is 5.99. The van der Waals surface area contributed by atoms with Crippen LogP contribution in [0.4, 0.5) is 0 Å². The van der Waals surface area contributed by atoms with Gasteiger partial charge >= 0.3 is 0 Å². The van der Waals surface area contributed by atoms with Gasteiger partial charge in [0.2, 0.25) is 0 Å². The summed E-state index contributed by atoms with van der Waals surface area (Å²) < 4.78 is 1.75. The smallest absolute Gasteiger partial charge is 0.272 e. The lowest BCUT2D eigenvalue weighted by molar-refractivity contribution is 0.0870. The van der Waals surface area contributed by atoms with E-state index in [0.717, 1.165) is 36.6 Å². The van der Waals surface area contributed by atoms with Gasteiger partial charge in [-0.05, 0) is 18.9 Å². The number of carbonyl (C=O) groups excluding carboxylic acids is 1. The summed E-state index contributed by atoms with van der Waals surface area (Å²) in [4.78, 5) is 12.7. The molecule has 1 aromatic heterocycles. The van der Waals surface area contributed by atoms with E-state index in [0.29, 0.717) is 12.2 Å². The van der Waals surface area contributed by atoms with Crippen LogP contribution in [-0.2, 0) is 7.05 Å². The molecular formula is C16H22N4O. The lowest BCUT2D eigenvalue weighted by Crippen LogP contribution is -2.54. The maximum absolute atomic E-state index is 12.7. The molecule has 0 spiro atoms. The number of para-hydroxylation sites is 1. The Hall–Kier alpha value is -1.88. The van der Waals surface area contributed by atoms with Crippen molar-refractivity contribution in [2.45, 2.75) is 37.6 Å². The number of nitrogens with two attached hydrogens (primary N) is 1. The number of carbonyl (C=O) groups is 1. The van der Waals surface area contributed by atoms with Gasteiger partial charge in [-0.2, -0.15) is 5.10 Å². The standard InChI is InChI=1S/C16H22N4O/c1-20-13-8-4-3-7-12(13)14(19-20)15(21)18-16(11-17)9-5-2-6-10-16/h3-4,7-8H,2,5-6,9-11,17H2,1H3,(H,18,21). The minimum Gasteiger partial charge on any atom is -0.344 e. The molecule has 1 heterocycles. The van der Waals surface area contributed by atoms with E-state index in [1.165, 1.54) is 6.42 Å². The molecule has 21 heavy (non-hydrogen) atoms. The molecule has 0 bridgehead atoms. The van der Waals surface area contributed by atoms with Crippen molar-refractivity contribution in [1.29, 1.82) is 0 Å². The first-order chi connectivity index (χ1) is 10.2. The first-order valence-corrected chi connectivity index (χ1v) is 7.59. The molecule has 3 rings (SSSR count). The van der Waals surface area contributed by atoms with Crippen LogP contribution in [0.15, 0.2) is 24.3 Å². The maximum Gasteiger partial charge on any atom is 0.272 e. The van der Waals surface area contributed by atoms with Gasteiger partial charge in [0.25, 0.3) is 5.91 Å². The van der Waals surface area contributed by atoms with Crippen molar-refractivity contribution < 1.29 is 4.79 Å². The molecule has 0 saturated heterocycles. The number of nitrogens with zero attached hydrogens (tertiary/aromatic N) is 2. The predicted octanol–water partition coefficient (Wildman–Crippen LogP) is 1.96. The zero-order chi connectivity index (χ0) is 14.9. The third-order valence-corrected chi connectivity index (χ3v) is 4.55. The summed E-state index contributed by atoms with van der Waals surface area (Å²) in [7, 11) is 1.86. The van der Waals surface area contributed by atoms with Gasteiger partial charge in [-0.15, -0.1) is 0 Å². The fraction of sp³-hybridized carbons (Fsp3) is 0.500. The minimum absolute atomic E-state index is 0.112. The number of nitrogens with one attached hydrogen (secondary N) is 1. The molecule has 1 aliphatic rings. The highest BCUT2D eigenvalue weighted by Crippen LogP contribution is 2.28. The Morgan fingerprint density at radius 3 is 2.76 bits per heavy atom. The minimum atomic E-state index is -0.256. The van der Waals surface area contributed by atoms with E-state index >= 15 is 0 Å². The molecule has 5 nitrogen and oxygen atoms in total. The first-order valence-electron chi connectivity index (χ1n) is 7.59. The molecular weight excluding hydrogens is 264 g/mol. The van der Waals surface area contributed by atoms with E-state index in [1.54, 1.807) is 4.68 Å². The summed E-state index contributed by atoms with van der Waals surface area (Å²) in [6.07, 6.45) is 5.39. The number of aryl methyl sites for hydroxylation is 1. The second kappa shape index (κ2) is 5.48. The third kappa shape index (κ3) is 2.53. The lowest BCUT2D eigenvalue weighted by atomic mass is 9.81. The van der Waals surface area contributed by atoms with Crippen molar-refractivity contribution in [3.63, 3.8) is 0 Å². The van der Waals surface area contributed by atoms with Crippen LogP contribution in [0.3, 0.4) is 0 Å². The number of benzene rings is 1. The lowest BCUT2D eigenvalue weighted by Gasteiger charge is -2.36. The fourth-order valence-electron chi connectivity index (χ4n) is 3.29. The molecule has 1 saturated carbocycles. The molecule has 5 heteroatoms. The van der Waals surface area contributed by atoms with E-state index in [2.05, 4.69) is 10.4 Å². The van der Waals surface area contributed by atoms with Gasteiger partial charge in [0.05, 0.1) is 11.1 Å². The number of hydrogen-bond donors (Lipinski definition) is 2. The molecule has 1 amide bonds. The van der Waals surface area contributed by atoms with Crippen molar-refractivity contribution in [3.05, 3.63) is 30.0 Å². The summed E-state index contributed by atoms with van der Waals surface area (Å²) in [5, 5.41) is 8.44. The zero-order valence-electron chi connectivity index (χ0n) is 12.4. The maximum atomic E-state index is 12.7. The van der Waals surface area contributed by atoms with E-state index in [4.69, 9.17) is 5.73 Å². The van der Waals surface area contributed by atoms with Gasteiger partial charge in [0, 0.05) is 19.0 Å². The number of hydrogen-bond acceptors (Lipinski definition) is 3. The molecule has 3 N–H and O–H groups in total. The molecule has 1 aromatic carbocycles. The van der Waals surface area contributed by atoms with Gasteiger partial charge in [-0.1, -0.05) is 37.5 Å². The summed E-state index contributed by atoms with van der Waals surface area (Å²) in [6.45, 7) is 0.490. The third-order valence-electron chi connectivity index (χ3n) is 4.55. The van der Waals surface area contributed by atoms with Crippen LogP contribution in [0.25, 0.3) is 10.9 Å². The Kier molecular flexibility index (Phi) is 3.68. The molecule has 1 aliphatic carbocycles. The monoisotopic (exact) mass is 286 g/mol. The van der Waals surface area contributed by atoms with Crippen LogP contribution < -0.4 is 11.1 Å². The van der Waals surface area contributed by atoms with Crippen molar-refractivity contribution in [3.8, 4) is 0 Å². The first kappa shape index (κ1) is 14.1. The summed E-state index contributed by atoms with van der Waals surface area (Å²) in [5.74, 6) is -0.112. The van der Waals surface area contributed by atoms with Crippen LogP contribution in [0.1, 0.15) is 42.6 Å². The Bertz CT molecular complexity index is 655. The topological polar surface area (TPSA) is 72.9 Å². The zero-order valence-corrected chi connectivity index (χ0v) is 12.4. The van der Waals surface area contributed by atoms with Gasteiger partial charge in [0.15, 0.2) is 5.69 Å². The van der Waals surface area contributed by atoms with E-state index < -0.39 is 0 Å². The Morgan fingerprint density at radius 2 is 2.05 bits per heavy atom. The Labute approximate surface area is 124 Å². The number of rotatable bonds is 3. The second-order valence-corrected chi connectivity index (χ2v) is 5.99. The van der Waals surface area contributed by atoms with Crippen molar-refractivity contribution in [2.24, 2.45) is 12.8 Å². The van der Waals surface area contributed by atoms with Crippen LogP contribution in [0, 0.1) is 0 Å². The average Bonchev–Trinajstić information content (AvgIpc) is 2.86. The number of aromatic nitrogens is 2. The average molecular weight is 286 g/mol. The SMILES string of the molecule is Cn1nc(C(=O)NC2(CN)CCCCC2)c2ccccc21. The van der Waals surface area contributed by atoms with Crippen molar-refractivity contribution >= 4 is 16.8 Å². The van der Waals surface area contributed by atoms with Gasteiger partial charge in [-0.25, -0.2) is 0 Å². The van der Waals surface area contributed by atoms with Crippen molar-refractivity contribution in [2.75, 3.05) is 6.54 Å². The molecule has 112 valence electrons. The van der Waals surface area contributed by atoms with Gasteiger partial charge in [-0.3, -0.25) is 9.48 Å². The van der Waals surface area contributed by atoms with Crippen LogP contribution >= 0.6 is 0 Å². The van der Waals surface area contributed by atoms with Crippen LogP contribution in [0.2, 0.25) is 0 Å². The van der Waals surface area contributed by atoms with E-state index in [1.807, 2.05) is 31.3 Å². The number of amides is 1. The predicted molar refractivity (Wildman–Crippen MR) is 83.1 cm³/mol. The Morgan fingerprint density at radius 1 is 1.33 bits per heavy atom.